The average Bonchev–Trinajstić information content (AvgIpc) is 2.52. The molecule has 0 bridgehead atoms. The van der Waals surface area contributed by atoms with Crippen molar-refractivity contribution in [1.82, 2.24) is 4.90 Å². The van der Waals surface area contributed by atoms with Crippen LogP contribution in [0, 0.1) is 5.92 Å². The molecule has 1 saturated heterocycles. The first-order chi connectivity index (χ1) is 6.76. The summed E-state index contributed by atoms with van der Waals surface area (Å²) in [4.78, 5) is 2.43. The molecular weight excluding hydrogens is 178 g/mol. The molecule has 84 valence electrons. The van der Waals surface area contributed by atoms with Crippen LogP contribution in [-0.4, -0.2) is 44.0 Å². The predicted molar refractivity (Wildman–Crippen MR) is 57.3 cm³/mol. The van der Waals surface area contributed by atoms with Gasteiger partial charge in [0.05, 0.1) is 0 Å². The first kappa shape index (κ1) is 12.0. The van der Waals surface area contributed by atoms with Gasteiger partial charge in [-0.25, -0.2) is 0 Å². The number of ether oxygens (including phenoxy) is 2. The fraction of sp³-hybridized carbons (Fsp3) is 1.00. The lowest BCUT2D eigenvalue weighted by Crippen LogP contribution is -2.34. The molecule has 0 saturated carbocycles. The number of nitrogens with zero attached hydrogens (tertiary/aromatic N) is 1. The van der Waals surface area contributed by atoms with Gasteiger partial charge in [0, 0.05) is 26.3 Å². The summed E-state index contributed by atoms with van der Waals surface area (Å²) in [6, 6.07) is 0. The lowest BCUT2D eigenvalue weighted by atomic mass is 10.2. The van der Waals surface area contributed by atoms with Crippen LogP contribution in [0.5, 0.6) is 0 Å². The Hall–Kier alpha value is -0.120. The molecule has 1 fully saturated rings. The molecule has 1 aliphatic heterocycles. The molecule has 3 nitrogen and oxygen atoms in total. The normalized spacial score (nSPS) is 23.6. The van der Waals surface area contributed by atoms with Crippen LogP contribution in [0.1, 0.15) is 27.2 Å². The van der Waals surface area contributed by atoms with Gasteiger partial charge in [0.2, 0.25) is 0 Å². The summed E-state index contributed by atoms with van der Waals surface area (Å²) in [5.41, 5.74) is 0. The summed E-state index contributed by atoms with van der Waals surface area (Å²) < 4.78 is 11.0. The Morgan fingerprint density at radius 2 is 1.93 bits per heavy atom. The molecule has 0 aliphatic carbocycles. The van der Waals surface area contributed by atoms with E-state index in [0.29, 0.717) is 0 Å². The van der Waals surface area contributed by atoms with Crippen LogP contribution in [0.3, 0.4) is 0 Å². The second kappa shape index (κ2) is 6.38. The summed E-state index contributed by atoms with van der Waals surface area (Å²) in [6.07, 6.45) is 1.28. The van der Waals surface area contributed by atoms with E-state index in [-0.39, 0.29) is 6.29 Å². The third kappa shape index (κ3) is 3.95. The van der Waals surface area contributed by atoms with Crippen LogP contribution < -0.4 is 0 Å². The van der Waals surface area contributed by atoms with Crippen molar-refractivity contribution in [2.45, 2.75) is 33.5 Å². The van der Waals surface area contributed by atoms with Gasteiger partial charge in [-0.05, 0) is 32.7 Å². The lowest BCUT2D eigenvalue weighted by molar-refractivity contribution is -0.145. The van der Waals surface area contributed by atoms with Crippen molar-refractivity contribution in [3.8, 4) is 0 Å². The van der Waals surface area contributed by atoms with Gasteiger partial charge in [0.15, 0.2) is 6.29 Å². The van der Waals surface area contributed by atoms with Gasteiger partial charge in [0.1, 0.15) is 0 Å². The molecular formula is C11H23NO2. The van der Waals surface area contributed by atoms with E-state index in [4.69, 9.17) is 9.47 Å². The second-order valence-corrected chi connectivity index (χ2v) is 3.99. The molecule has 1 rings (SSSR count). The van der Waals surface area contributed by atoms with E-state index < -0.39 is 0 Å². The number of hydrogen-bond acceptors (Lipinski definition) is 3. The van der Waals surface area contributed by atoms with Crippen molar-refractivity contribution < 1.29 is 9.47 Å². The summed E-state index contributed by atoms with van der Waals surface area (Å²) >= 11 is 0. The maximum absolute atomic E-state index is 5.52. The van der Waals surface area contributed by atoms with Crippen molar-refractivity contribution in [2.75, 3.05) is 32.8 Å². The zero-order valence-electron chi connectivity index (χ0n) is 9.66. The highest BCUT2D eigenvalue weighted by Gasteiger charge is 2.21. The Morgan fingerprint density at radius 3 is 2.36 bits per heavy atom. The summed E-state index contributed by atoms with van der Waals surface area (Å²) in [6.45, 7) is 11.1. The Kier molecular flexibility index (Phi) is 5.45. The topological polar surface area (TPSA) is 21.7 Å². The van der Waals surface area contributed by atoms with E-state index in [2.05, 4.69) is 11.8 Å². The van der Waals surface area contributed by atoms with E-state index in [1.54, 1.807) is 0 Å². The van der Waals surface area contributed by atoms with Gasteiger partial charge in [-0.3, -0.25) is 4.90 Å². The van der Waals surface area contributed by atoms with Gasteiger partial charge in [-0.1, -0.05) is 6.92 Å². The Bertz CT molecular complexity index is 146. The monoisotopic (exact) mass is 201 g/mol. The minimum Gasteiger partial charge on any atom is -0.352 e. The van der Waals surface area contributed by atoms with Crippen LogP contribution in [-0.2, 0) is 9.47 Å². The van der Waals surface area contributed by atoms with E-state index >= 15 is 0 Å². The van der Waals surface area contributed by atoms with E-state index in [1.165, 1.54) is 19.5 Å². The quantitative estimate of drug-likeness (QED) is 0.611. The van der Waals surface area contributed by atoms with Gasteiger partial charge in [0.25, 0.3) is 0 Å². The van der Waals surface area contributed by atoms with Crippen molar-refractivity contribution >= 4 is 0 Å². The summed E-state index contributed by atoms with van der Waals surface area (Å²) in [7, 11) is 0. The molecule has 0 aromatic heterocycles. The van der Waals surface area contributed by atoms with Crippen LogP contribution in [0.15, 0.2) is 0 Å². The van der Waals surface area contributed by atoms with E-state index in [0.717, 1.165) is 25.7 Å². The smallest absolute Gasteiger partial charge is 0.170 e. The predicted octanol–water partition coefficient (Wildman–Crippen LogP) is 1.73. The third-order valence-corrected chi connectivity index (χ3v) is 2.62. The van der Waals surface area contributed by atoms with Crippen molar-refractivity contribution in [1.29, 1.82) is 0 Å². The van der Waals surface area contributed by atoms with Crippen LogP contribution in [0.2, 0.25) is 0 Å². The number of hydrogen-bond donors (Lipinski definition) is 0. The zero-order chi connectivity index (χ0) is 10.4. The highest BCUT2D eigenvalue weighted by Crippen LogP contribution is 2.15. The first-order valence-electron chi connectivity index (χ1n) is 5.71. The maximum Gasteiger partial charge on any atom is 0.170 e. The molecule has 0 aromatic rings. The van der Waals surface area contributed by atoms with Crippen molar-refractivity contribution in [2.24, 2.45) is 5.92 Å². The van der Waals surface area contributed by atoms with E-state index in [9.17, 15) is 0 Å². The van der Waals surface area contributed by atoms with Crippen LogP contribution in [0.4, 0.5) is 0 Å². The molecule has 0 amide bonds. The second-order valence-electron chi connectivity index (χ2n) is 3.99. The molecule has 3 heteroatoms. The molecule has 14 heavy (non-hydrogen) atoms. The molecule has 1 atom stereocenters. The van der Waals surface area contributed by atoms with Gasteiger partial charge in [-0.15, -0.1) is 0 Å². The van der Waals surface area contributed by atoms with Gasteiger partial charge < -0.3 is 9.47 Å². The highest BCUT2D eigenvalue weighted by atomic mass is 16.7. The minimum atomic E-state index is -0.0321. The Balaban J connectivity index is 2.24. The molecule has 0 N–H and O–H groups in total. The molecule has 1 unspecified atom stereocenters. The lowest BCUT2D eigenvalue weighted by Gasteiger charge is -2.23. The SMILES string of the molecule is CCOC(CN1CCC(C)C1)OCC. The first-order valence-corrected chi connectivity index (χ1v) is 5.71. The summed E-state index contributed by atoms with van der Waals surface area (Å²) in [5.74, 6) is 0.832. The molecule has 1 heterocycles. The van der Waals surface area contributed by atoms with Gasteiger partial charge >= 0.3 is 0 Å². The fourth-order valence-electron chi connectivity index (χ4n) is 1.93. The van der Waals surface area contributed by atoms with Crippen molar-refractivity contribution in [3.63, 3.8) is 0 Å². The zero-order valence-corrected chi connectivity index (χ0v) is 9.66. The van der Waals surface area contributed by atoms with Crippen molar-refractivity contribution in [3.05, 3.63) is 0 Å². The molecule has 0 aromatic carbocycles. The maximum atomic E-state index is 5.52. The van der Waals surface area contributed by atoms with E-state index in [1.807, 2.05) is 13.8 Å². The Labute approximate surface area is 87.4 Å². The Morgan fingerprint density at radius 1 is 1.29 bits per heavy atom. The minimum absolute atomic E-state index is 0.0321. The summed E-state index contributed by atoms with van der Waals surface area (Å²) in [5, 5.41) is 0. The molecule has 1 aliphatic rings. The van der Waals surface area contributed by atoms with Gasteiger partial charge in [-0.2, -0.15) is 0 Å². The molecule has 0 spiro atoms. The number of rotatable bonds is 6. The van der Waals surface area contributed by atoms with Crippen LogP contribution >= 0.6 is 0 Å². The largest absolute Gasteiger partial charge is 0.352 e. The van der Waals surface area contributed by atoms with Crippen LogP contribution in [0.25, 0.3) is 0 Å². The fourth-order valence-corrected chi connectivity index (χ4v) is 1.93. The number of likely N-dealkylation sites (tertiary alicyclic amines) is 1. The highest BCUT2D eigenvalue weighted by molar-refractivity contribution is 4.72. The standard InChI is InChI=1S/C11H23NO2/c1-4-13-11(14-5-2)9-12-7-6-10(3)8-12/h10-11H,4-9H2,1-3H3. The third-order valence-electron chi connectivity index (χ3n) is 2.62. The average molecular weight is 201 g/mol. The molecule has 0 radical (unpaired) electrons.